The van der Waals surface area contributed by atoms with Crippen LogP contribution in [-0.4, -0.2) is 46.3 Å². The molecule has 0 aliphatic carbocycles. The van der Waals surface area contributed by atoms with Gasteiger partial charge in [0.15, 0.2) is 0 Å². The minimum absolute atomic E-state index is 0.0653. The highest BCUT2D eigenvalue weighted by molar-refractivity contribution is 6.31. The molecule has 2 aromatic carbocycles. The zero-order chi connectivity index (χ0) is 21.5. The first kappa shape index (κ1) is 20.3. The molecule has 8 heteroatoms. The fourth-order valence-corrected chi connectivity index (χ4v) is 4.19. The summed E-state index contributed by atoms with van der Waals surface area (Å²) in [6, 6.07) is 11.0. The van der Waals surface area contributed by atoms with Crippen LogP contribution in [0.1, 0.15) is 34.3 Å². The van der Waals surface area contributed by atoms with E-state index in [1.807, 2.05) is 31.2 Å². The van der Waals surface area contributed by atoms with Crippen LogP contribution in [-0.2, 0) is 11.3 Å². The summed E-state index contributed by atoms with van der Waals surface area (Å²) in [7, 11) is 0. The maximum Gasteiger partial charge on any atom is 0.325 e. The van der Waals surface area contributed by atoms with Gasteiger partial charge in [-0.15, -0.1) is 0 Å². The van der Waals surface area contributed by atoms with Gasteiger partial charge in [0.2, 0.25) is 0 Å². The van der Waals surface area contributed by atoms with Crippen LogP contribution in [0.2, 0.25) is 5.02 Å². The molecule has 4 rings (SSSR count). The monoisotopic (exact) mass is 429 g/mol. The molecule has 30 heavy (non-hydrogen) atoms. The lowest BCUT2D eigenvalue weighted by atomic mass is 9.88. The third kappa shape index (κ3) is 3.65. The third-order valence-electron chi connectivity index (χ3n) is 5.65. The molecule has 2 aromatic rings. The molecule has 0 bridgehead atoms. The van der Waals surface area contributed by atoms with Crippen LogP contribution in [0.15, 0.2) is 42.5 Å². The largest absolute Gasteiger partial charge is 0.336 e. The lowest BCUT2D eigenvalue weighted by Crippen LogP contribution is -2.59. The predicted molar refractivity (Wildman–Crippen MR) is 110 cm³/mol. The third-order valence-corrected chi connectivity index (χ3v) is 5.94. The molecule has 2 aliphatic rings. The molecule has 0 unspecified atom stereocenters. The zero-order valence-electron chi connectivity index (χ0n) is 16.5. The number of hydrogen-bond acceptors (Lipinski definition) is 3. The molecule has 0 saturated carbocycles. The van der Waals surface area contributed by atoms with Crippen molar-refractivity contribution in [1.29, 1.82) is 0 Å². The van der Waals surface area contributed by atoms with Gasteiger partial charge in [0.05, 0.1) is 18.1 Å². The molecule has 1 spiro atoms. The first-order valence-corrected chi connectivity index (χ1v) is 10.1. The Morgan fingerprint density at radius 1 is 1.20 bits per heavy atom. The topological polar surface area (TPSA) is 69.7 Å². The Balaban J connectivity index is 1.53. The Kier molecular flexibility index (Phi) is 5.24. The fourth-order valence-electron chi connectivity index (χ4n) is 4.01. The van der Waals surface area contributed by atoms with Crippen LogP contribution in [0.4, 0.5) is 9.18 Å². The van der Waals surface area contributed by atoms with Crippen molar-refractivity contribution in [3.8, 4) is 0 Å². The quantitative estimate of drug-likeness (QED) is 0.759. The van der Waals surface area contributed by atoms with Gasteiger partial charge in [-0.05, 0) is 43.5 Å². The molecule has 1 atom stereocenters. The zero-order valence-corrected chi connectivity index (χ0v) is 17.2. The molecular formula is C22H21ClFN3O3. The van der Waals surface area contributed by atoms with Crippen molar-refractivity contribution in [2.75, 3.05) is 13.1 Å². The van der Waals surface area contributed by atoms with Gasteiger partial charge in [-0.1, -0.05) is 41.4 Å². The molecule has 2 aliphatic heterocycles. The minimum atomic E-state index is -1.14. The Bertz CT molecular complexity index is 1030. The normalized spacial score (nSPS) is 21.3. The number of nitrogens with one attached hydrogen (secondary N) is 1. The molecule has 2 fully saturated rings. The van der Waals surface area contributed by atoms with Crippen LogP contribution < -0.4 is 5.32 Å². The summed E-state index contributed by atoms with van der Waals surface area (Å²) in [4.78, 5) is 41.4. The summed E-state index contributed by atoms with van der Waals surface area (Å²) in [5.74, 6) is -1.29. The van der Waals surface area contributed by atoms with Gasteiger partial charge >= 0.3 is 6.03 Å². The van der Waals surface area contributed by atoms with E-state index >= 15 is 0 Å². The number of hydrogen-bond donors (Lipinski definition) is 1. The highest BCUT2D eigenvalue weighted by atomic mass is 35.5. The van der Waals surface area contributed by atoms with Gasteiger partial charge in [0, 0.05) is 12.1 Å². The van der Waals surface area contributed by atoms with Crippen molar-refractivity contribution in [3.05, 3.63) is 70.0 Å². The number of benzene rings is 2. The summed E-state index contributed by atoms with van der Waals surface area (Å²) in [5.41, 5.74) is 1.05. The number of aryl methyl sites for hydroxylation is 1. The second-order valence-corrected chi connectivity index (χ2v) is 8.26. The van der Waals surface area contributed by atoms with Crippen LogP contribution in [0.25, 0.3) is 0 Å². The van der Waals surface area contributed by atoms with Crippen molar-refractivity contribution in [2.45, 2.75) is 31.8 Å². The molecule has 2 heterocycles. The Morgan fingerprint density at radius 3 is 2.63 bits per heavy atom. The molecule has 156 valence electrons. The Labute approximate surface area is 178 Å². The lowest BCUT2D eigenvalue weighted by Gasteiger charge is -2.38. The minimum Gasteiger partial charge on any atom is -0.336 e. The number of nitrogens with zero attached hydrogens (tertiary/aromatic N) is 2. The van der Waals surface area contributed by atoms with Crippen molar-refractivity contribution in [1.82, 2.24) is 15.1 Å². The van der Waals surface area contributed by atoms with E-state index in [0.29, 0.717) is 19.4 Å². The molecule has 0 radical (unpaired) electrons. The highest BCUT2D eigenvalue weighted by Crippen LogP contribution is 2.30. The number of piperidine rings is 1. The van der Waals surface area contributed by atoms with Gasteiger partial charge in [-0.3, -0.25) is 14.5 Å². The van der Waals surface area contributed by atoms with Crippen molar-refractivity contribution >= 4 is 29.4 Å². The Hall–Kier alpha value is -2.93. The molecule has 4 amide bonds. The van der Waals surface area contributed by atoms with E-state index in [2.05, 4.69) is 5.32 Å². The second kappa shape index (κ2) is 7.72. The maximum atomic E-state index is 13.4. The molecule has 0 aromatic heterocycles. The summed E-state index contributed by atoms with van der Waals surface area (Å²) in [6.45, 7) is 2.65. The molecular weight excluding hydrogens is 409 g/mol. The number of imide groups is 1. The van der Waals surface area contributed by atoms with Crippen LogP contribution in [0.3, 0.4) is 0 Å². The van der Waals surface area contributed by atoms with Gasteiger partial charge in [-0.2, -0.15) is 0 Å². The van der Waals surface area contributed by atoms with E-state index in [0.717, 1.165) is 17.2 Å². The summed E-state index contributed by atoms with van der Waals surface area (Å²) >= 11 is 5.80. The van der Waals surface area contributed by atoms with Crippen molar-refractivity contribution in [3.63, 3.8) is 0 Å². The summed E-state index contributed by atoms with van der Waals surface area (Å²) in [6.07, 6.45) is 1.01. The van der Waals surface area contributed by atoms with E-state index in [1.54, 1.807) is 0 Å². The van der Waals surface area contributed by atoms with Crippen LogP contribution >= 0.6 is 11.6 Å². The molecule has 6 nitrogen and oxygen atoms in total. The smallest absolute Gasteiger partial charge is 0.325 e. The van der Waals surface area contributed by atoms with Gasteiger partial charge in [0.25, 0.3) is 11.8 Å². The van der Waals surface area contributed by atoms with Crippen LogP contribution in [0.5, 0.6) is 0 Å². The number of rotatable bonds is 3. The van der Waals surface area contributed by atoms with Gasteiger partial charge in [-0.25, -0.2) is 9.18 Å². The Morgan fingerprint density at radius 2 is 1.93 bits per heavy atom. The number of likely N-dealkylation sites (tertiary alicyclic amines) is 1. The second-order valence-electron chi connectivity index (χ2n) is 7.85. The number of amides is 4. The summed E-state index contributed by atoms with van der Waals surface area (Å²) in [5, 5.41) is 2.68. The number of halogens is 2. The molecule has 2 saturated heterocycles. The van der Waals surface area contributed by atoms with Crippen molar-refractivity contribution < 1.29 is 18.8 Å². The van der Waals surface area contributed by atoms with Gasteiger partial charge in [0.1, 0.15) is 11.4 Å². The molecule has 1 N–H and O–H groups in total. The van der Waals surface area contributed by atoms with Crippen LogP contribution in [0, 0.1) is 12.7 Å². The lowest BCUT2D eigenvalue weighted by molar-refractivity contribution is -0.133. The maximum absolute atomic E-state index is 13.4. The number of carbonyl (C=O) groups is 3. The van der Waals surface area contributed by atoms with E-state index in [9.17, 15) is 18.8 Å². The average Bonchev–Trinajstić information content (AvgIpc) is 2.95. The highest BCUT2D eigenvalue weighted by Gasteiger charge is 2.53. The fraction of sp³-hybridized carbons (Fsp3) is 0.318. The average molecular weight is 430 g/mol. The summed E-state index contributed by atoms with van der Waals surface area (Å²) < 4.78 is 13.4. The first-order chi connectivity index (χ1) is 14.3. The standard InChI is InChI=1S/C22H21ClFN3O3/c1-14-3-5-15(6-4-14)12-27-20(29)22(25-21(27)30)9-2-10-26(13-22)19(28)16-7-8-18(24)17(23)11-16/h3-8,11H,2,9-10,12-13H2,1H3,(H,25,30)/t22-/m0/s1. The van der Waals surface area contributed by atoms with E-state index in [-0.39, 0.29) is 35.5 Å². The van der Waals surface area contributed by atoms with Gasteiger partial charge < -0.3 is 10.2 Å². The van der Waals surface area contributed by atoms with E-state index in [4.69, 9.17) is 11.6 Å². The number of urea groups is 1. The van der Waals surface area contributed by atoms with E-state index in [1.165, 1.54) is 21.9 Å². The number of carbonyl (C=O) groups excluding carboxylic acids is 3. The van der Waals surface area contributed by atoms with E-state index < -0.39 is 17.4 Å². The first-order valence-electron chi connectivity index (χ1n) is 9.73. The predicted octanol–water partition coefficient (Wildman–Crippen LogP) is 3.51. The van der Waals surface area contributed by atoms with Crippen molar-refractivity contribution in [2.24, 2.45) is 0 Å². The SMILES string of the molecule is Cc1ccc(CN2C(=O)N[C@]3(CCCN(C(=O)c4ccc(F)c(Cl)c4)C3)C2=O)cc1.